The largest absolute Gasteiger partial charge is 0.454 e. The second-order valence-corrected chi connectivity index (χ2v) is 4.35. The number of nitrogens with one attached hydrogen (secondary N) is 2. The lowest BCUT2D eigenvalue weighted by Gasteiger charge is -2.07. The summed E-state index contributed by atoms with van der Waals surface area (Å²) < 4.78 is 11.5. The number of H-pyrrole nitrogens is 1. The molecule has 108 valence electrons. The molecule has 1 aromatic heterocycles. The summed E-state index contributed by atoms with van der Waals surface area (Å²) in [7, 11) is 0. The summed E-state index contributed by atoms with van der Waals surface area (Å²) in [6, 6.07) is 6.16. The number of carbonyl (C=O) groups excluding carboxylic acids is 1. The van der Waals surface area contributed by atoms with Crippen molar-refractivity contribution in [2.24, 2.45) is 0 Å². The lowest BCUT2D eigenvalue weighted by Crippen LogP contribution is -2.32. The molecule has 0 atom stereocenters. The predicted molar refractivity (Wildman–Crippen MR) is 72.5 cm³/mol. The first-order chi connectivity index (χ1) is 10.1. The van der Waals surface area contributed by atoms with Crippen LogP contribution in [-0.4, -0.2) is 22.3 Å². The molecule has 2 aromatic rings. The Morgan fingerprint density at radius 2 is 2.05 bits per heavy atom. The van der Waals surface area contributed by atoms with E-state index in [-0.39, 0.29) is 13.3 Å². The molecular formula is C13H11N3O5. The third kappa shape index (κ3) is 2.78. The van der Waals surface area contributed by atoms with E-state index in [0.717, 1.165) is 4.57 Å². The zero-order chi connectivity index (χ0) is 14.8. The maximum atomic E-state index is 11.9. The second kappa shape index (κ2) is 5.16. The normalized spacial score (nSPS) is 12.2. The van der Waals surface area contributed by atoms with Crippen LogP contribution >= 0.6 is 0 Å². The molecule has 0 saturated heterocycles. The molecule has 0 spiro atoms. The van der Waals surface area contributed by atoms with Crippen molar-refractivity contribution in [3.8, 4) is 11.5 Å². The molecule has 0 fully saturated rings. The van der Waals surface area contributed by atoms with Gasteiger partial charge >= 0.3 is 5.69 Å². The molecule has 0 aliphatic carbocycles. The van der Waals surface area contributed by atoms with Gasteiger partial charge in [0.05, 0.1) is 0 Å². The van der Waals surface area contributed by atoms with Crippen molar-refractivity contribution >= 4 is 11.6 Å². The Balaban J connectivity index is 1.72. The third-order valence-electron chi connectivity index (χ3n) is 2.87. The van der Waals surface area contributed by atoms with E-state index in [9.17, 15) is 14.4 Å². The van der Waals surface area contributed by atoms with Crippen molar-refractivity contribution in [1.29, 1.82) is 0 Å². The molecule has 8 nitrogen and oxygen atoms in total. The van der Waals surface area contributed by atoms with E-state index in [4.69, 9.17) is 9.47 Å². The Morgan fingerprint density at radius 1 is 1.24 bits per heavy atom. The summed E-state index contributed by atoms with van der Waals surface area (Å²) in [6.07, 6.45) is 1.26. The molecule has 1 aliphatic rings. The summed E-state index contributed by atoms with van der Waals surface area (Å²) in [4.78, 5) is 36.4. The van der Waals surface area contributed by atoms with Crippen LogP contribution in [0, 0.1) is 0 Å². The van der Waals surface area contributed by atoms with Gasteiger partial charge in [0.1, 0.15) is 6.54 Å². The Bertz CT molecular complexity index is 808. The number of nitrogens with zero attached hydrogens (tertiary/aromatic N) is 1. The number of amides is 1. The van der Waals surface area contributed by atoms with Crippen LogP contribution in [0.25, 0.3) is 0 Å². The van der Waals surface area contributed by atoms with Crippen molar-refractivity contribution in [3.05, 3.63) is 51.3 Å². The van der Waals surface area contributed by atoms with Crippen molar-refractivity contribution in [2.45, 2.75) is 6.54 Å². The van der Waals surface area contributed by atoms with Gasteiger partial charge < -0.3 is 14.8 Å². The monoisotopic (exact) mass is 289 g/mol. The number of benzene rings is 1. The Kier molecular flexibility index (Phi) is 3.19. The second-order valence-electron chi connectivity index (χ2n) is 4.35. The lowest BCUT2D eigenvalue weighted by molar-refractivity contribution is -0.116. The van der Waals surface area contributed by atoms with Gasteiger partial charge in [0.2, 0.25) is 12.7 Å². The Morgan fingerprint density at radius 3 is 2.86 bits per heavy atom. The fraction of sp³-hybridized carbons (Fsp3) is 0.154. The summed E-state index contributed by atoms with van der Waals surface area (Å²) in [5, 5.41) is 2.64. The highest BCUT2D eigenvalue weighted by molar-refractivity contribution is 5.90. The molecule has 0 unspecified atom stereocenters. The summed E-state index contributed by atoms with van der Waals surface area (Å²) >= 11 is 0. The average molecular weight is 289 g/mol. The third-order valence-corrected chi connectivity index (χ3v) is 2.87. The van der Waals surface area contributed by atoms with Crippen molar-refractivity contribution in [2.75, 3.05) is 12.1 Å². The standard InChI is InChI=1S/C13H11N3O5/c17-11-3-4-16(13(19)15-11)6-12(18)14-8-1-2-9-10(5-8)21-7-20-9/h1-5H,6-7H2,(H,14,18)(H,15,17,19). The van der Waals surface area contributed by atoms with E-state index in [1.807, 2.05) is 0 Å². The molecule has 2 heterocycles. The van der Waals surface area contributed by atoms with Gasteiger partial charge in [-0.05, 0) is 12.1 Å². The molecule has 0 radical (unpaired) electrons. The maximum absolute atomic E-state index is 11.9. The lowest BCUT2D eigenvalue weighted by atomic mass is 10.3. The van der Waals surface area contributed by atoms with E-state index in [0.29, 0.717) is 17.2 Å². The molecule has 1 aliphatic heterocycles. The minimum atomic E-state index is -0.636. The number of carbonyl (C=O) groups is 1. The first kappa shape index (κ1) is 13.0. The number of anilines is 1. The highest BCUT2D eigenvalue weighted by Crippen LogP contribution is 2.34. The van der Waals surface area contributed by atoms with Gasteiger partial charge in [-0.3, -0.25) is 19.1 Å². The number of ether oxygens (including phenoxy) is 2. The van der Waals surface area contributed by atoms with E-state index in [2.05, 4.69) is 10.3 Å². The minimum absolute atomic E-state index is 0.152. The summed E-state index contributed by atoms with van der Waals surface area (Å²) in [5.74, 6) is 0.766. The number of fused-ring (bicyclic) bond motifs is 1. The van der Waals surface area contributed by atoms with Crippen LogP contribution in [0.15, 0.2) is 40.1 Å². The number of aromatic amines is 1. The molecule has 0 bridgehead atoms. The van der Waals surface area contributed by atoms with Crippen LogP contribution in [0.3, 0.4) is 0 Å². The van der Waals surface area contributed by atoms with Crippen LogP contribution in [0.4, 0.5) is 5.69 Å². The quantitative estimate of drug-likeness (QED) is 0.821. The van der Waals surface area contributed by atoms with E-state index < -0.39 is 17.2 Å². The first-order valence-electron chi connectivity index (χ1n) is 6.11. The van der Waals surface area contributed by atoms with Crippen LogP contribution < -0.4 is 26.0 Å². The number of hydrogen-bond donors (Lipinski definition) is 2. The first-order valence-corrected chi connectivity index (χ1v) is 6.11. The molecule has 1 amide bonds. The van der Waals surface area contributed by atoms with Gasteiger partial charge in [-0.25, -0.2) is 4.79 Å². The number of hydrogen-bond acceptors (Lipinski definition) is 5. The number of aromatic nitrogens is 2. The van der Waals surface area contributed by atoms with E-state index >= 15 is 0 Å². The molecule has 0 saturated carbocycles. The van der Waals surface area contributed by atoms with E-state index in [1.165, 1.54) is 12.3 Å². The fourth-order valence-electron chi connectivity index (χ4n) is 1.90. The summed E-state index contributed by atoms with van der Waals surface area (Å²) in [5.41, 5.74) is -0.613. The van der Waals surface area contributed by atoms with Crippen molar-refractivity contribution in [3.63, 3.8) is 0 Å². The topological polar surface area (TPSA) is 102 Å². The highest BCUT2D eigenvalue weighted by atomic mass is 16.7. The highest BCUT2D eigenvalue weighted by Gasteiger charge is 2.14. The minimum Gasteiger partial charge on any atom is -0.454 e. The van der Waals surface area contributed by atoms with E-state index in [1.54, 1.807) is 18.2 Å². The van der Waals surface area contributed by atoms with Gasteiger partial charge in [0.15, 0.2) is 11.5 Å². The molecule has 2 N–H and O–H groups in total. The maximum Gasteiger partial charge on any atom is 0.328 e. The zero-order valence-corrected chi connectivity index (χ0v) is 10.8. The van der Waals surface area contributed by atoms with Crippen LogP contribution in [0.1, 0.15) is 0 Å². The molecule has 1 aromatic carbocycles. The van der Waals surface area contributed by atoms with Gasteiger partial charge in [0, 0.05) is 24.0 Å². The van der Waals surface area contributed by atoms with Crippen molar-refractivity contribution < 1.29 is 14.3 Å². The van der Waals surface area contributed by atoms with Crippen LogP contribution in [0.5, 0.6) is 11.5 Å². The fourth-order valence-corrected chi connectivity index (χ4v) is 1.90. The Labute approximate surface area is 117 Å². The van der Waals surface area contributed by atoms with Gasteiger partial charge in [-0.1, -0.05) is 0 Å². The van der Waals surface area contributed by atoms with Crippen molar-refractivity contribution in [1.82, 2.24) is 9.55 Å². The van der Waals surface area contributed by atoms with Gasteiger partial charge in [0.25, 0.3) is 5.56 Å². The van der Waals surface area contributed by atoms with Gasteiger partial charge in [-0.2, -0.15) is 0 Å². The predicted octanol–water partition coefficient (Wildman–Crippen LogP) is -0.0960. The number of rotatable bonds is 3. The average Bonchev–Trinajstić information content (AvgIpc) is 2.89. The molecule has 8 heteroatoms. The SMILES string of the molecule is O=C(Cn1ccc(=O)[nH]c1=O)Nc1ccc2c(c1)OCO2. The molecule has 3 rings (SSSR count). The van der Waals surface area contributed by atoms with Gasteiger partial charge in [-0.15, -0.1) is 0 Å². The van der Waals surface area contributed by atoms with Crippen LogP contribution in [-0.2, 0) is 11.3 Å². The smallest absolute Gasteiger partial charge is 0.328 e. The molecular weight excluding hydrogens is 278 g/mol. The zero-order valence-electron chi connectivity index (χ0n) is 10.8. The van der Waals surface area contributed by atoms with Crippen LogP contribution in [0.2, 0.25) is 0 Å². The Hall–Kier alpha value is -3.03. The summed E-state index contributed by atoms with van der Waals surface area (Å²) in [6.45, 7) is -0.0520. The molecule has 21 heavy (non-hydrogen) atoms.